The largest absolute Gasteiger partial charge is 0.266 e. The predicted octanol–water partition coefficient (Wildman–Crippen LogP) is 3.76. The molecule has 0 spiro atoms. The molecule has 0 aliphatic carbocycles. The van der Waals surface area contributed by atoms with Gasteiger partial charge in [-0.05, 0) is 37.6 Å². The molecule has 4 nitrogen and oxygen atoms in total. The summed E-state index contributed by atoms with van der Waals surface area (Å²) in [5.41, 5.74) is 1.64. The van der Waals surface area contributed by atoms with Gasteiger partial charge in [-0.3, -0.25) is 9.29 Å². The van der Waals surface area contributed by atoms with Crippen LogP contribution in [0, 0.1) is 6.92 Å². The van der Waals surface area contributed by atoms with Gasteiger partial charge in [0.1, 0.15) is 0 Å². The second kappa shape index (κ2) is 6.01. The molecule has 118 valence electrons. The van der Waals surface area contributed by atoms with Crippen LogP contribution in [0.2, 0.25) is 0 Å². The Hall–Kier alpha value is -2.40. The molecular formula is C18H18N2O2S. The maximum Gasteiger partial charge on any atom is 0.264 e. The van der Waals surface area contributed by atoms with E-state index in [0.717, 1.165) is 10.9 Å². The average molecular weight is 326 g/mol. The van der Waals surface area contributed by atoms with Crippen LogP contribution in [0.3, 0.4) is 0 Å². The van der Waals surface area contributed by atoms with E-state index in [4.69, 9.17) is 0 Å². The molecule has 0 atom stereocenters. The van der Waals surface area contributed by atoms with Crippen molar-refractivity contribution in [1.82, 2.24) is 4.98 Å². The molecule has 0 amide bonds. The van der Waals surface area contributed by atoms with Gasteiger partial charge in [-0.2, -0.15) is 0 Å². The number of sulfonamides is 1. The van der Waals surface area contributed by atoms with Crippen molar-refractivity contribution in [3.63, 3.8) is 0 Å². The van der Waals surface area contributed by atoms with Gasteiger partial charge in [0.25, 0.3) is 10.0 Å². The predicted molar refractivity (Wildman–Crippen MR) is 93.1 cm³/mol. The van der Waals surface area contributed by atoms with E-state index >= 15 is 0 Å². The Kier molecular flexibility index (Phi) is 4.05. The summed E-state index contributed by atoms with van der Waals surface area (Å²) >= 11 is 0. The molecule has 3 rings (SSSR count). The summed E-state index contributed by atoms with van der Waals surface area (Å²) in [6.45, 7) is 4.13. The number of hydrogen-bond donors (Lipinski definition) is 0. The number of rotatable bonds is 4. The summed E-state index contributed by atoms with van der Waals surface area (Å²) in [7, 11) is -3.65. The van der Waals surface area contributed by atoms with Gasteiger partial charge < -0.3 is 0 Å². The van der Waals surface area contributed by atoms with E-state index in [1.165, 1.54) is 4.31 Å². The lowest BCUT2D eigenvalue weighted by atomic mass is 10.2. The number of nitrogens with zero attached hydrogens (tertiary/aromatic N) is 2. The molecule has 23 heavy (non-hydrogen) atoms. The molecule has 0 aliphatic heterocycles. The molecule has 1 aromatic heterocycles. The number of para-hydroxylation sites is 1. The number of benzene rings is 2. The van der Waals surface area contributed by atoms with Crippen molar-refractivity contribution in [2.45, 2.75) is 18.7 Å². The topological polar surface area (TPSA) is 50.3 Å². The molecule has 0 unspecified atom stereocenters. The van der Waals surface area contributed by atoms with Crippen LogP contribution in [-0.4, -0.2) is 19.9 Å². The molecular weight excluding hydrogens is 308 g/mol. The number of aromatic nitrogens is 1. The minimum Gasteiger partial charge on any atom is -0.266 e. The lowest BCUT2D eigenvalue weighted by Crippen LogP contribution is -2.31. The minimum absolute atomic E-state index is 0.308. The molecule has 3 aromatic rings. The van der Waals surface area contributed by atoms with Crippen LogP contribution < -0.4 is 4.31 Å². The van der Waals surface area contributed by atoms with Gasteiger partial charge in [-0.15, -0.1) is 0 Å². The molecule has 1 heterocycles. The minimum atomic E-state index is -3.65. The van der Waals surface area contributed by atoms with Gasteiger partial charge in [-0.25, -0.2) is 8.42 Å². The molecule has 0 bridgehead atoms. The van der Waals surface area contributed by atoms with Gasteiger partial charge in [-0.1, -0.05) is 30.3 Å². The summed E-state index contributed by atoms with van der Waals surface area (Å²) in [5.74, 6) is 0. The second-order valence-electron chi connectivity index (χ2n) is 5.31. The van der Waals surface area contributed by atoms with E-state index in [9.17, 15) is 8.42 Å². The smallest absolute Gasteiger partial charge is 0.264 e. The van der Waals surface area contributed by atoms with Crippen LogP contribution in [0.25, 0.3) is 10.8 Å². The highest BCUT2D eigenvalue weighted by molar-refractivity contribution is 7.93. The highest BCUT2D eigenvalue weighted by Crippen LogP contribution is 2.30. The average Bonchev–Trinajstić information content (AvgIpc) is 2.56. The molecule has 5 heteroatoms. The maximum atomic E-state index is 13.2. The van der Waals surface area contributed by atoms with Crippen molar-refractivity contribution in [3.8, 4) is 0 Å². The van der Waals surface area contributed by atoms with Gasteiger partial charge >= 0.3 is 0 Å². The quantitative estimate of drug-likeness (QED) is 0.733. The van der Waals surface area contributed by atoms with Crippen LogP contribution >= 0.6 is 0 Å². The molecule has 0 saturated carbocycles. The number of hydrogen-bond acceptors (Lipinski definition) is 3. The van der Waals surface area contributed by atoms with Crippen LogP contribution in [0.5, 0.6) is 0 Å². The first-order valence-electron chi connectivity index (χ1n) is 7.47. The maximum absolute atomic E-state index is 13.2. The first-order chi connectivity index (χ1) is 11.1. The lowest BCUT2D eigenvalue weighted by molar-refractivity contribution is 0.592. The zero-order chi connectivity index (χ0) is 16.4. The second-order valence-corrected chi connectivity index (χ2v) is 7.14. The molecule has 0 saturated heterocycles. The first-order valence-corrected chi connectivity index (χ1v) is 8.91. The Morgan fingerprint density at radius 1 is 1.04 bits per heavy atom. The number of pyridine rings is 1. The van der Waals surface area contributed by atoms with Crippen molar-refractivity contribution in [3.05, 3.63) is 66.5 Å². The standard InChI is InChI=1S/C18H18N2O2S/c1-3-20(17-9-5-4-7-14(17)2)23(21,22)18-10-6-8-15-13-19-12-11-16(15)18/h4-13H,3H2,1-2H3. The summed E-state index contributed by atoms with van der Waals surface area (Å²) in [4.78, 5) is 4.37. The van der Waals surface area contributed by atoms with Gasteiger partial charge in [0.2, 0.25) is 0 Å². The van der Waals surface area contributed by atoms with Crippen LogP contribution in [0.4, 0.5) is 5.69 Å². The number of aryl methyl sites for hydroxylation is 1. The number of anilines is 1. The molecule has 0 fully saturated rings. The van der Waals surface area contributed by atoms with Gasteiger partial charge in [0.15, 0.2) is 0 Å². The fourth-order valence-corrected chi connectivity index (χ4v) is 4.51. The van der Waals surface area contributed by atoms with Crippen LogP contribution in [0.1, 0.15) is 12.5 Å². The molecule has 0 radical (unpaired) electrons. The highest BCUT2D eigenvalue weighted by atomic mass is 32.2. The molecule has 2 aromatic carbocycles. The van der Waals surface area contributed by atoms with Crippen LogP contribution in [-0.2, 0) is 10.0 Å². The van der Waals surface area contributed by atoms with Crippen molar-refractivity contribution in [1.29, 1.82) is 0 Å². The van der Waals surface area contributed by atoms with E-state index < -0.39 is 10.0 Å². The lowest BCUT2D eigenvalue weighted by Gasteiger charge is -2.25. The molecule has 0 N–H and O–H groups in total. The van der Waals surface area contributed by atoms with E-state index in [1.54, 1.807) is 30.6 Å². The van der Waals surface area contributed by atoms with Crippen molar-refractivity contribution < 1.29 is 8.42 Å². The number of fused-ring (bicyclic) bond motifs is 1. The Morgan fingerprint density at radius 2 is 1.83 bits per heavy atom. The third kappa shape index (κ3) is 2.68. The third-order valence-electron chi connectivity index (χ3n) is 3.88. The van der Waals surface area contributed by atoms with E-state index in [-0.39, 0.29) is 0 Å². The van der Waals surface area contributed by atoms with E-state index in [1.807, 2.05) is 44.2 Å². The fourth-order valence-electron chi connectivity index (χ4n) is 2.75. The van der Waals surface area contributed by atoms with Crippen molar-refractivity contribution in [2.75, 3.05) is 10.8 Å². The van der Waals surface area contributed by atoms with Crippen molar-refractivity contribution in [2.24, 2.45) is 0 Å². The summed E-state index contributed by atoms with van der Waals surface area (Å²) in [6.07, 6.45) is 3.30. The summed E-state index contributed by atoms with van der Waals surface area (Å²) < 4.78 is 27.9. The zero-order valence-corrected chi connectivity index (χ0v) is 13.9. The highest BCUT2D eigenvalue weighted by Gasteiger charge is 2.26. The summed E-state index contributed by atoms with van der Waals surface area (Å²) in [5, 5.41) is 1.50. The Bertz CT molecular complexity index is 947. The zero-order valence-electron chi connectivity index (χ0n) is 13.1. The third-order valence-corrected chi connectivity index (χ3v) is 5.83. The Labute approximate surface area is 136 Å². The van der Waals surface area contributed by atoms with E-state index in [2.05, 4.69) is 4.98 Å². The monoisotopic (exact) mass is 326 g/mol. The SMILES string of the molecule is CCN(c1ccccc1C)S(=O)(=O)c1cccc2cnccc12. The fraction of sp³-hybridized carbons (Fsp3) is 0.167. The Morgan fingerprint density at radius 3 is 2.57 bits per heavy atom. The Balaban J connectivity index is 2.22. The first kappa shape index (κ1) is 15.5. The van der Waals surface area contributed by atoms with Crippen molar-refractivity contribution >= 4 is 26.5 Å². The van der Waals surface area contributed by atoms with Gasteiger partial charge in [0, 0.05) is 29.7 Å². The van der Waals surface area contributed by atoms with E-state index in [0.29, 0.717) is 22.5 Å². The molecule has 0 aliphatic rings. The van der Waals surface area contributed by atoms with Gasteiger partial charge in [0.05, 0.1) is 10.6 Å². The normalized spacial score (nSPS) is 11.6. The summed E-state index contributed by atoms with van der Waals surface area (Å²) in [6, 6.07) is 14.5. The van der Waals surface area contributed by atoms with Crippen LogP contribution in [0.15, 0.2) is 65.8 Å².